The van der Waals surface area contributed by atoms with Gasteiger partial charge in [0.25, 0.3) is 0 Å². The molecule has 0 amide bonds. The van der Waals surface area contributed by atoms with Crippen molar-refractivity contribution >= 4 is 34.2 Å². The smallest absolute Gasteiger partial charge is 0.170 e. The molecule has 6 rings (SSSR count). The number of fused-ring (bicyclic) bond motifs is 2. The molecule has 178 valence electrons. The van der Waals surface area contributed by atoms with Crippen LogP contribution < -0.4 is 9.64 Å². The predicted octanol–water partition coefficient (Wildman–Crippen LogP) is 6.00. The van der Waals surface area contributed by atoms with Crippen molar-refractivity contribution < 1.29 is 9.53 Å². The van der Waals surface area contributed by atoms with E-state index < -0.39 is 5.60 Å². The van der Waals surface area contributed by atoms with E-state index in [1.165, 1.54) is 0 Å². The fourth-order valence-electron chi connectivity index (χ4n) is 5.43. The summed E-state index contributed by atoms with van der Waals surface area (Å²) in [5.74, 6) is 1.71. The summed E-state index contributed by atoms with van der Waals surface area (Å²) >= 11 is 6.25. The lowest BCUT2D eigenvalue weighted by molar-refractivity contribution is 0.0231. The highest BCUT2D eigenvalue weighted by atomic mass is 35.5. The second-order valence-electron chi connectivity index (χ2n) is 9.80. The van der Waals surface area contributed by atoms with E-state index >= 15 is 0 Å². The Hall–Kier alpha value is -3.38. The molecule has 1 saturated heterocycles. The number of pyridine rings is 1. The van der Waals surface area contributed by atoms with Crippen LogP contribution in [-0.4, -0.2) is 39.2 Å². The fourth-order valence-corrected chi connectivity index (χ4v) is 5.60. The minimum Gasteiger partial charge on any atom is -0.486 e. The minimum absolute atomic E-state index is 0.110. The molecule has 2 aliphatic rings. The van der Waals surface area contributed by atoms with Gasteiger partial charge >= 0.3 is 0 Å². The van der Waals surface area contributed by atoms with Crippen molar-refractivity contribution in [3.63, 3.8) is 0 Å². The number of aromatic nitrogens is 3. The monoisotopic (exact) mass is 486 g/mol. The van der Waals surface area contributed by atoms with E-state index in [-0.39, 0.29) is 5.78 Å². The van der Waals surface area contributed by atoms with E-state index in [2.05, 4.69) is 17.9 Å². The molecule has 2 aromatic carbocycles. The number of hydrogen-bond acceptors (Lipinski definition) is 5. The van der Waals surface area contributed by atoms with Gasteiger partial charge in [0.15, 0.2) is 11.4 Å². The first-order valence-electron chi connectivity index (χ1n) is 12.0. The number of nitrogens with zero attached hydrogens (tertiary/aromatic N) is 4. The Labute approximate surface area is 209 Å². The zero-order valence-corrected chi connectivity index (χ0v) is 20.9. The van der Waals surface area contributed by atoms with Crippen molar-refractivity contribution in [1.82, 2.24) is 14.8 Å². The van der Waals surface area contributed by atoms with Gasteiger partial charge in [0, 0.05) is 36.3 Å². The maximum absolute atomic E-state index is 13.0. The molecular weight excluding hydrogens is 460 g/mol. The van der Waals surface area contributed by atoms with Crippen molar-refractivity contribution in [1.29, 1.82) is 0 Å². The number of aryl methyl sites for hydroxylation is 3. The van der Waals surface area contributed by atoms with Crippen LogP contribution in [0.5, 0.6) is 5.75 Å². The number of para-hydroxylation sites is 1. The summed E-state index contributed by atoms with van der Waals surface area (Å²) in [4.78, 5) is 20.3. The molecule has 1 spiro atoms. The second kappa shape index (κ2) is 8.09. The Bertz CT molecular complexity index is 1470. The fraction of sp³-hybridized carbons (Fsp3) is 0.321. The molecule has 35 heavy (non-hydrogen) atoms. The van der Waals surface area contributed by atoms with Crippen LogP contribution in [-0.2, 0) is 0 Å². The van der Waals surface area contributed by atoms with Gasteiger partial charge in [-0.3, -0.25) is 4.79 Å². The van der Waals surface area contributed by atoms with Gasteiger partial charge in [-0.1, -0.05) is 29.8 Å². The van der Waals surface area contributed by atoms with Crippen molar-refractivity contribution in [3.8, 4) is 11.4 Å². The van der Waals surface area contributed by atoms with Crippen LogP contribution in [0.2, 0.25) is 5.02 Å². The topological polar surface area (TPSA) is 60.2 Å². The molecule has 1 fully saturated rings. The number of carbonyl (C=O) groups excluding carboxylic acids is 1. The van der Waals surface area contributed by atoms with Gasteiger partial charge in [0.2, 0.25) is 0 Å². The molecule has 0 atom stereocenters. The minimum atomic E-state index is -0.470. The van der Waals surface area contributed by atoms with Crippen molar-refractivity contribution in [2.24, 2.45) is 0 Å². The van der Waals surface area contributed by atoms with Crippen LogP contribution in [0.25, 0.3) is 16.7 Å². The van der Waals surface area contributed by atoms with Crippen LogP contribution in [0.4, 0.5) is 5.82 Å². The summed E-state index contributed by atoms with van der Waals surface area (Å²) in [5, 5.41) is 6.49. The van der Waals surface area contributed by atoms with Crippen molar-refractivity contribution in [2.75, 3.05) is 18.0 Å². The number of anilines is 1. The Morgan fingerprint density at radius 1 is 1.00 bits per heavy atom. The average molecular weight is 487 g/mol. The first-order chi connectivity index (χ1) is 16.8. The molecule has 4 aromatic rings. The van der Waals surface area contributed by atoms with Crippen LogP contribution in [0.15, 0.2) is 48.5 Å². The van der Waals surface area contributed by atoms with Crippen LogP contribution in [0, 0.1) is 20.8 Å². The van der Waals surface area contributed by atoms with E-state index in [1.54, 1.807) is 6.07 Å². The highest BCUT2D eigenvalue weighted by Crippen LogP contribution is 2.42. The van der Waals surface area contributed by atoms with Crippen molar-refractivity contribution in [3.05, 3.63) is 75.9 Å². The van der Waals surface area contributed by atoms with Gasteiger partial charge in [0.1, 0.15) is 17.2 Å². The van der Waals surface area contributed by atoms with Crippen LogP contribution >= 0.6 is 11.6 Å². The molecule has 2 aliphatic heterocycles. The summed E-state index contributed by atoms with van der Waals surface area (Å²) in [5.41, 5.74) is 5.05. The van der Waals surface area contributed by atoms with Crippen LogP contribution in [0.1, 0.15) is 46.4 Å². The quantitative estimate of drug-likeness (QED) is 0.347. The third kappa shape index (κ3) is 3.67. The summed E-state index contributed by atoms with van der Waals surface area (Å²) in [7, 11) is 0. The number of hydrogen-bond donors (Lipinski definition) is 0. The number of rotatable bonds is 2. The molecule has 0 N–H and O–H groups in total. The number of Topliss-reactive ketones (excluding diaryl/α,β-unsaturated/α-hetero) is 1. The number of ketones is 1. The highest BCUT2D eigenvalue weighted by molar-refractivity contribution is 6.31. The largest absolute Gasteiger partial charge is 0.486 e. The predicted molar refractivity (Wildman–Crippen MR) is 138 cm³/mol. The molecule has 0 radical (unpaired) electrons. The van der Waals surface area contributed by atoms with Crippen molar-refractivity contribution in [2.45, 2.75) is 45.6 Å². The molecule has 0 unspecified atom stereocenters. The molecule has 7 heteroatoms. The first kappa shape index (κ1) is 22.1. The Morgan fingerprint density at radius 3 is 2.49 bits per heavy atom. The zero-order chi connectivity index (χ0) is 24.3. The van der Waals surface area contributed by atoms with Gasteiger partial charge < -0.3 is 9.64 Å². The van der Waals surface area contributed by atoms with E-state index in [1.807, 2.05) is 54.9 Å². The second-order valence-corrected chi connectivity index (χ2v) is 10.2. The maximum atomic E-state index is 13.0. The number of ether oxygens (including phenoxy) is 1. The summed E-state index contributed by atoms with van der Waals surface area (Å²) in [6.45, 7) is 7.63. The summed E-state index contributed by atoms with van der Waals surface area (Å²) in [6, 6.07) is 15.9. The lowest BCUT2D eigenvalue weighted by Gasteiger charge is -2.44. The van der Waals surface area contributed by atoms with Gasteiger partial charge in [-0.25, -0.2) is 9.67 Å². The van der Waals surface area contributed by atoms with E-state index in [9.17, 15) is 4.79 Å². The Kier molecular flexibility index (Phi) is 5.11. The zero-order valence-electron chi connectivity index (χ0n) is 20.1. The van der Waals surface area contributed by atoms with E-state index in [4.69, 9.17) is 26.4 Å². The average Bonchev–Trinajstić information content (AvgIpc) is 3.18. The lowest BCUT2D eigenvalue weighted by Crippen LogP contribution is -2.51. The number of carbonyl (C=O) groups is 1. The Morgan fingerprint density at radius 2 is 1.74 bits per heavy atom. The van der Waals surface area contributed by atoms with E-state index in [0.717, 1.165) is 65.3 Å². The highest BCUT2D eigenvalue weighted by Gasteiger charge is 2.43. The van der Waals surface area contributed by atoms with Gasteiger partial charge in [0.05, 0.1) is 23.4 Å². The standard InChI is InChI=1S/C28H27ClN4O2/c1-17-13-24-21(15-22(17)29)23(34)16-28(35-24)9-11-32(12-10-28)25-14-18(2)26-19(3)31-33(27(26)30-25)20-7-5-4-6-8-20/h4-8,13-15H,9-12,16H2,1-3H3. The third-order valence-corrected chi connectivity index (χ3v) is 7.77. The molecule has 0 saturated carbocycles. The molecular formula is C28H27ClN4O2. The summed E-state index contributed by atoms with van der Waals surface area (Å²) in [6.07, 6.45) is 1.91. The molecule has 2 aromatic heterocycles. The maximum Gasteiger partial charge on any atom is 0.170 e. The number of piperidine rings is 1. The third-order valence-electron chi connectivity index (χ3n) is 7.37. The van der Waals surface area contributed by atoms with Crippen LogP contribution in [0.3, 0.4) is 0 Å². The van der Waals surface area contributed by atoms with Gasteiger partial charge in [-0.15, -0.1) is 0 Å². The van der Waals surface area contributed by atoms with Gasteiger partial charge in [-0.2, -0.15) is 5.10 Å². The molecule has 0 aliphatic carbocycles. The van der Waals surface area contributed by atoms with E-state index in [0.29, 0.717) is 22.8 Å². The normalized spacial score (nSPS) is 17.0. The number of halogens is 1. The Balaban J connectivity index is 1.29. The lowest BCUT2D eigenvalue weighted by atomic mass is 9.82. The number of benzene rings is 2. The summed E-state index contributed by atoms with van der Waals surface area (Å²) < 4.78 is 8.41. The SMILES string of the molecule is Cc1cc2c(cc1Cl)C(=O)CC1(CCN(c3cc(C)c4c(C)nn(-c5ccccc5)c4n3)CC1)O2. The first-order valence-corrected chi connectivity index (χ1v) is 12.4. The molecule has 0 bridgehead atoms. The molecule has 6 nitrogen and oxygen atoms in total. The molecule has 4 heterocycles. The van der Waals surface area contributed by atoms with Gasteiger partial charge in [-0.05, 0) is 62.2 Å².